The van der Waals surface area contributed by atoms with Crippen molar-refractivity contribution in [3.8, 4) is 0 Å². The third-order valence-corrected chi connectivity index (χ3v) is 7.21. The van der Waals surface area contributed by atoms with Crippen LogP contribution in [0.25, 0.3) is 10.9 Å². The molecule has 1 aliphatic carbocycles. The molecule has 9 heteroatoms. The van der Waals surface area contributed by atoms with Crippen molar-refractivity contribution in [1.82, 2.24) is 25.7 Å². The largest absolute Gasteiger partial charge is 0.354 e. The predicted octanol–water partition coefficient (Wildman–Crippen LogP) is 2.08. The molecule has 0 radical (unpaired) electrons. The number of benzene rings is 1. The topological polar surface area (TPSA) is 107 Å². The molecule has 0 unspecified atom stereocenters. The number of hydrogen-bond donors (Lipinski definition) is 3. The Morgan fingerprint density at radius 2 is 2.06 bits per heavy atom. The summed E-state index contributed by atoms with van der Waals surface area (Å²) in [6, 6.07) is 6.69. The third-order valence-electron chi connectivity index (χ3n) is 5.98. The number of amides is 3. The highest BCUT2D eigenvalue weighted by Crippen LogP contribution is 2.35. The second kappa shape index (κ2) is 7.81. The SMILES string of the molecule is CNC(=O)c1cc2c(s1)CCN(C(=O)[C@H](NC(=O)c1ccc3[nH]ncc3c1)C1CC1)C2. The van der Waals surface area contributed by atoms with Gasteiger partial charge in [0.25, 0.3) is 11.8 Å². The maximum Gasteiger partial charge on any atom is 0.261 e. The molecule has 3 amide bonds. The fraction of sp³-hybridized carbons (Fsp3) is 0.364. The van der Waals surface area contributed by atoms with Crippen LogP contribution in [0.2, 0.25) is 0 Å². The van der Waals surface area contributed by atoms with Crippen LogP contribution in [-0.2, 0) is 17.8 Å². The Morgan fingerprint density at radius 1 is 1.23 bits per heavy atom. The van der Waals surface area contributed by atoms with Gasteiger partial charge in [-0.1, -0.05) is 0 Å². The van der Waals surface area contributed by atoms with E-state index in [4.69, 9.17) is 0 Å². The zero-order chi connectivity index (χ0) is 21.5. The summed E-state index contributed by atoms with van der Waals surface area (Å²) in [7, 11) is 1.62. The van der Waals surface area contributed by atoms with E-state index in [1.165, 1.54) is 11.3 Å². The standard InChI is InChI=1S/C22H23N5O3S/c1-23-21(29)18-9-15-11-27(7-6-17(15)31-18)22(30)19(12-2-3-12)25-20(28)13-4-5-16-14(8-13)10-24-26-16/h4-5,8-10,12,19H,2-3,6-7,11H2,1H3,(H,23,29)(H,24,26)(H,25,28)/t19-/m1/s1. The summed E-state index contributed by atoms with van der Waals surface area (Å²) in [6.45, 7) is 1.07. The molecule has 31 heavy (non-hydrogen) atoms. The molecule has 3 heterocycles. The number of carbonyl (C=O) groups is 3. The first-order valence-corrected chi connectivity index (χ1v) is 11.2. The van der Waals surface area contributed by atoms with E-state index in [1.54, 1.807) is 25.4 Å². The molecule has 2 aromatic heterocycles. The number of rotatable bonds is 5. The fourth-order valence-electron chi connectivity index (χ4n) is 4.07. The van der Waals surface area contributed by atoms with E-state index in [2.05, 4.69) is 20.8 Å². The highest BCUT2D eigenvalue weighted by molar-refractivity contribution is 7.14. The Bertz CT molecular complexity index is 1180. The maximum atomic E-state index is 13.3. The van der Waals surface area contributed by atoms with Gasteiger partial charge in [0.1, 0.15) is 6.04 Å². The number of H-pyrrole nitrogens is 1. The number of carbonyl (C=O) groups excluding carboxylic acids is 3. The molecule has 1 atom stereocenters. The minimum absolute atomic E-state index is 0.0430. The van der Waals surface area contributed by atoms with Gasteiger partial charge in [0.2, 0.25) is 5.91 Å². The van der Waals surface area contributed by atoms with Gasteiger partial charge in [-0.2, -0.15) is 5.10 Å². The van der Waals surface area contributed by atoms with E-state index in [0.717, 1.165) is 40.6 Å². The summed E-state index contributed by atoms with van der Waals surface area (Å²) >= 11 is 1.49. The normalized spacial score (nSPS) is 16.6. The van der Waals surface area contributed by atoms with Gasteiger partial charge < -0.3 is 15.5 Å². The van der Waals surface area contributed by atoms with Gasteiger partial charge in [0.05, 0.1) is 16.6 Å². The zero-order valence-electron chi connectivity index (χ0n) is 17.1. The average Bonchev–Trinajstić information content (AvgIpc) is 3.36. The highest BCUT2D eigenvalue weighted by atomic mass is 32.1. The molecule has 8 nitrogen and oxygen atoms in total. The Hall–Kier alpha value is -3.20. The minimum atomic E-state index is -0.522. The molecule has 1 aliphatic heterocycles. The number of aromatic amines is 1. The molecule has 1 fully saturated rings. The Labute approximate surface area is 183 Å². The van der Waals surface area contributed by atoms with Gasteiger partial charge in [-0.05, 0) is 55.0 Å². The second-order valence-electron chi connectivity index (χ2n) is 8.11. The van der Waals surface area contributed by atoms with Crippen LogP contribution in [0.3, 0.4) is 0 Å². The molecular weight excluding hydrogens is 414 g/mol. The first-order valence-electron chi connectivity index (χ1n) is 10.4. The molecule has 0 bridgehead atoms. The van der Waals surface area contributed by atoms with Crippen LogP contribution in [0.5, 0.6) is 0 Å². The van der Waals surface area contributed by atoms with E-state index in [1.807, 2.05) is 17.0 Å². The summed E-state index contributed by atoms with van der Waals surface area (Å²) in [5.41, 5.74) is 2.40. The van der Waals surface area contributed by atoms with Crippen molar-refractivity contribution in [2.24, 2.45) is 5.92 Å². The summed E-state index contributed by atoms with van der Waals surface area (Å²) in [5, 5.41) is 13.3. The molecule has 1 saturated carbocycles. The van der Waals surface area contributed by atoms with E-state index >= 15 is 0 Å². The summed E-state index contributed by atoms with van der Waals surface area (Å²) in [4.78, 5) is 41.8. The maximum absolute atomic E-state index is 13.3. The molecule has 0 spiro atoms. The molecule has 5 rings (SSSR count). The van der Waals surface area contributed by atoms with E-state index in [0.29, 0.717) is 23.5 Å². The lowest BCUT2D eigenvalue weighted by Crippen LogP contribution is -2.50. The van der Waals surface area contributed by atoms with Crippen LogP contribution in [0, 0.1) is 5.92 Å². The van der Waals surface area contributed by atoms with Crippen LogP contribution in [0.4, 0.5) is 0 Å². The van der Waals surface area contributed by atoms with Gasteiger partial charge >= 0.3 is 0 Å². The van der Waals surface area contributed by atoms with E-state index < -0.39 is 6.04 Å². The summed E-state index contributed by atoms with van der Waals surface area (Å²) in [5.74, 6) is -0.212. The average molecular weight is 438 g/mol. The lowest BCUT2D eigenvalue weighted by Gasteiger charge is -2.31. The molecule has 160 valence electrons. The van der Waals surface area contributed by atoms with Crippen molar-refractivity contribution in [2.45, 2.75) is 31.8 Å². The van der Waals surface area contributed by atoms with E-state index in [-0.39, 0.29) is 23.6 Å². The Balaban J connectivity index is 1.31. The zero-order valence-corrected chi connectivity index (χ0v) is 17.9. The van der Waals surface area contributed by atoms with Gasteiger partial charge in [-0.3, -0.25) is 19.5 Å². The molecule has 2 aliphatic rings. The van der Waals surface area contributed by atoms with Crippen molar-refractivity contribution in [3.05, 3.63) is 51.3 Å². The predicted molar refractivity (Wildman–Crippen MR) is 117 cm³/mol. The van der Waals surface area contributed by atoms with Crippen LogP contribution >= 0.6 is 11.3 Å². The summed E-state index contributed by atoms with van der Waals surface area (Å²) < 4.78 is 0. The fourth-order valence-corrected chi connectivity index (χ4v) is 5.18. The Kier molecular flexibility index (Phi) is 4.97. The van der Waals surface area contributed by atoms with Gasteiger partial charge in [0, 0.05) is 36.0 Å². The lowest BCUT2D eigenvalue weighted by molar-refractivity contribution is -0.134. The van der Waals surface area contributed by atoms with Crippen molar-refractivity contribution in [1.29, 1.82) is 0 Å². The highest BCUT2D eigenvalue weighted by Gasteiger charge is 2.40. The van der Waals surface area contributed by atoms with E-state index in [9.17, 15) is 14.4 Å². The lowest BCUT2D eigenvalue weighted by atomic mass is 10.0. The molecule has 0 saturated heterocycles. The number of aromatic nitrogens is 2. The number of nitrogens with one attached hydrogen (secondary N) is 3. The quantitative estimate of drug-likeness (QED) is 0.568. The monoisotopic (exact) mass is 437 g/mol. The van der Waals surface area contributed by atoms with Gasteiger partial charge in [-0.15, -0.1) is 11.3 Å². The first kappa shape index (κ1) is 19.7. The van der Waals surface area contributed by atoms with Gasteiger partial charge in [-0.25, -0.2) is 0 Å². The van der Waals surface area contributed by atoms with Gasteiger partial charge in [0.15, 0.2) is 0 Å². The minimum Gasteiger partial charge on any atom is -0.354 e. The molecular formula is C22H23N5O3S. The summed E-state index contributed by atoms with van der Waals surface area (Å²) in [6.07, 6.45) is 4.28. The number of fused-ring (bicyclic) bond motifs is 2. The molecule has 3 N–H and O–H groups in total. The first-order chi connectivity index (χ1) is 15.0. The number of nitrogens with zero attached hydrogens (tertiary/aromatic N) is 2. The third kappa shape index (κ3) is 3.81. The molecule has 3 aromatic rings. The number of hydrogen-bond acceptors (Lipinski definition) is 5. The number of thiophene rings is 1. The van der Waals surface area contributed by atoms with Crippen LogP contribution in [0.1, 0.15) is 43.3 Å². The van der Waals surface area contributed by atoms with Crippen molar-refractivity contribution < 1.29 is 14.4 Å². The van der Waals surface area contributed by atoms with Crippen LogP contribution in [0.15, 0.2) is 30.5 Å². The van der Waals surface area contributed by atoms with Crippen molar-refractivity contribution >= 4 is 40.0 Å². The van der Waals surface area contributed by atoms with Crippen molar-refractivity contribution in [2.75, 3.05) is 13.6 Å². The molecule has 1 aromatic carbocycles. The van der Waals surface area contributed by atoms with Crippen LogP contribution < -0.4 is 10.6 Å². The van der Waals surface area contributed by atoms with Crippen LogP contribution in [-0.4, -0.2) is 52.5 Å². The van der Waals surface area contributed by atoms with Crippen molar-refractivity contribution in [3.63, 3.8) is 0 Å². The Morgan fingerprint density at radius 3 is 2.84 bits per heavy atom. The smallest absolute Gasteiger partial charge is 0.261 e. The second-order valence-corrected chi connectivity index (χ2v) is 9.25.